The Balaban J connectivity index is 1.50. The molecule has 49 heavy (non-hydrogen) atoms. The molecule has 1 aliphatic carbocycles. The SMILES string of the molecule is O=S(=O)(CCCCN(CCO)CCCCCCC1=C(c2ccc(F)cc2)CCCc2cc(O)c(F)cc21)CCC(F)(C(F)(F)F)C(F)(F)F. The molecule has 0 amide bonds. The Hall–Kier alpha value is -2.78. The van der Waals surface area contributed by atoms with E-state index in [0.29, 0.717) is 38.8 Å². The lowest BCUT2D eigenvalue weighted by Gasteiger charge is -2.29. The first kappa shape index (κ1) is 40.6. The number of unbranched alkanes of at least 4 members (excludes halogenated alkanes) is 4. The van der Waals surface area contributed by atoms with Crippen molar-refractivity contribution in [1.29, 1.82) is 0 Å². The molecule has 1 aliphatic rings. The average molecular weight is 732 g/mol. The number of rotatable bonds is 18. The lowest BCUT2D eigenvalue weighted by molar-refractivity contribution is -0.341. The molecule has 0 bridgehead atoms. The van der Waals surface area contributed by atoms with Crippen LogP contribution in [0.25, 0.3) is 11.1 Å². The van der Waals surface area contributed by atoms with Crippen LogP contribution in [0.1, 0.15) is 80.9 Å². The van der Waals surface area contributed by atoms with Crippen molar-refractivity contribution in [2.75, 3.05) is 37.7 Å². The number of hydrogen-bond donors (Lipinski definition) is 2. The zero-order valence-corrected chi connectivity index (χ0v) is 27.8. The van der Waals surface area contributed by atoms with E-state index in [0.717, 1.165) is 53.5 Å². The van der Waals surface area contributed by atoms with Gasteiger partial charge in [0.25, 0.3) is 5.67 Å². The van der Waals surface area contributed by atoms with Gasteiger partial charge in [-0.05, 0) is 117 Å². The lowest BCUT2D eigenvalue weighted by Crippen LogP contribution is -2.54. The molecule has 0 heterocycles. The summed E-state index contributed by atoms with van der Waals surface area (Å²) >= 11 is 0. The number of phenols is 1. The van der Waals surface area contributed by atoms with Gasteiger partial charge < -0.3 is 15.1 Å². The number of sulfone groups is 1. The topological polar surface area (TPSA) is 77.8 Å². The first-order valence-corrected chi connectivity index (χ1v) is 18.1. The smallest absolute Gasteiger partial charge is 0.431 e. The van der Waals surface area contributed by atoms with E-state index in [1.54, 1.807) is 12.1 Å². The van der Waals surface area contributed by atoms with Gasteiger partial charge in [-0.3, -0.25) is 0 Å². The Morgan fingerprint density at radius 2 is 1.37 bits per heavy atom. The first-order valence-electron chi connectivity index (χ1n) is 16.2. The fraction of sp³-hybridized carbons (Fsp3) is 0.588. The molecule has 2 N–H and O–H groups in total. The number of aromatic hydroxyl groups is 1. The third kappa shape index (κ3) is 11.4. The molecular weight excluding hydrogens is 689 g/mol. The molecule has 5 nitrogen and oxygen atoms in total. The molecule has 0 unspecified atom stereocenters. The summed E-state index contributed by atoms with van der Waals surface area (Å²) in [6.07, 6.45) is -8.90. The highest BCUT2D eigenvalue weighted by atomic mass is 32.2. The molecule has 0 aromatic heterocycles. The minimum atomic E-state index is -6.30. The van der Waals surface area contributed by atoms with Crippen molar-refractivity contribution in [2.24, 2.45) is 0 Å². The molecule has 2 aromatic rings. The normalized spacial score (nSPS) is 14.8. The van der Waals surface area contributed by atoms with Crippen molar-refractivity contribution >= 4 is 21.0 Å². The number of allylic oxidation sites excluding steroid dienone is 2. The predicted molar refractivity (Wildman–Crippen MR) is 169 cm³/mol. The summed E-state index contributed by atoms with van der Waals surface area (Å²) in [7, 11) is -4.39. The van der Waals surface area contributed by atoms with Crippen molar-refractivity contribution in [3.05, 3.63) is 64.7 Å². The average Bonchev–Trinajstić information content (AvgIpc) is 3.18. The van der Waals surface area contributed by atoms with Crippen LogP contribution in [-0.4, -0.2) is 79.3 Å². The Kier molecular flexibility index (Phi) is 14.5. The molecule has 3 rings (SSSR count). The van der Waals surface area contributed by atoms with Gasteiger partial charge in [0.05, 0.1) is 18.1 Å². The Morgan fingerprint density at radius 3 is 1.98 bits per heavy atom. The molecule has 0 atom stereocenters. The maximum Gasteiger partial charge on any atom is 0.431 e. The number of alkyl halides is 7. The third-order valence-corrected chi connectivity index (χ3v) is 10.6. The highest BCUT2D eigenvalue weighted by Gasteiger charge is 2.72. The van der Waals surface area contributed by atoms with Crippen molar-refractivity contribution in [3.63, 3.8) is 0 Å². The molecular formula is C34H42F9NO4S. The molecule has 0 spiro atoms. The van der Waals surface area contributed by atoms with Crippen molar-refractivity contribution in [2.45, 2.75) is 88.7 Å². The number of hydrogen-bond acceptors (Lipinski definition) is 5. The summed E-state index contributed by atoms with van der Waals surface area (Å²) in [6, 6.07) is 8.98. The molecule has 2 aromatic carbocycles. The van der Waals surface area contributed by atoms with E-state index in [1.807, 2.05) is 4.90 Å². The van der Waals surface area contributed by atoms with Gasteiger partial charge in [0.15, 0.2) is 11.6 Å². The van der Waals surface area contributed by atoms with Crippen LogP contribution in [0.2, 0.25) is 0 Å². The highest BCUT2D eigenvalue weighted by molar-refractivity contribution is 7.91. The van der Waals surface area contributed by atoms with Crippen LogP contribution in [0.5, 0.6) is 5.75 Å². The maximum absolute atomic E-state index is 14.5. The van der Waals surface area contributed by atoms with Gasteiger partial charge in [-0.15, -0.1) is 0 Å². The zero-order valence-electron chi connectivity index (χ0n) is 27.0. The predicted octanol–water partition coefficient (Wildman–Crippen LogP) is 8.58. The number of phenolic OH excluding ortho intramolecular Hbond substituents is 1. The van der Waals surface area contributed by atoms with Crippen molar-refractivity contribution < 1.29 is 58.1 Å². The fourth-order valence-electron chi connectivity index (χ4n) is 6.08. The molecule has 0 fully saturated rings. The zero-order chi connectivity index (χ0) is 36.5. The highest BCUT2D eigenvalue weighted by Crippen LogP contribution is 2.48. The van der Waals surface area contributed by atoms with E-state index in [4.69, 9.17) is 0 Å². The summed E-state index contributed by atoms with van der Waals surface area (Å²) in [5.41, 5.74) is -1.24. The van der Waals surface area contributed by atoms with E-state index in [2.05, 4.69) is 0 Å². The number of fused-ring (bicyclic) bond motifs is 1. The van der Waals surface area contributed by atoms with Gasteiger partial charge >= 0.3 is 12.4 Å². The monoisotopic (exact) mass is 731 g/mol. The number of aliphatic hydroxyl groups is 1. The second-order valence-electron chi connectivity index (χ2n) is 12.4. The van der Waals surface area contributed by atoms with Gasteiger partial charge in [0, 0.05) is 13.0 Å². The van der Waals surface area contributed by atoms with Gasteiger partial charge in [-0.1, -0.05) is 25.0 Å². The Labute approximate surface area is 280 Å². The Morgan fingerprint density at radius 1 is 0.755 bits per heavy atom. The van der Waals surface area contributed by atoms with Crippen LogP contribution in [0, 0.1) is 11.6 Å². The number of halogens is 9. The molecule has 0 radical (unpaired) electrons. The summed E-state index contributed by atoms with van der Waals surface area (Å²) < 4.78 is 143. The molecule has 276 valence electrons. The fourth-order valence-corrected chi connectivity index (χ4v) is 7.52. The van der Waals surface area contributed by atoms with Crippen LogP contribution in [0.4, 0.5) is 39.5 Å². The van der Waals surface area contributed by atoms with E-state index in [-0.39, 0.29) is 31.8 Å². The number of benzene rings is 2. The van der Waals surface area contributed by atoms with Gasteiger partial charge in [0.1, 0.15) is 15.7 Å². The second kappa shape index (κ2) is 17.4. The third-order valence-electron chi connectivity index (χ3n) is 8.83. The minimum absolute atomic E-state index is 0.0626. The standard InChI is InChI=1S/C34H42F9NO4S/c35-26-13-11-24(12-14-26)27-10-7-8-25-22-31(46)30(36)23-29(25)28(27)9-3-1-2-4-16-44(18-19-45)17-5-6-20-49(47,48)21-15-32(37,33(38,39)40)34(41,42)43/h11-14,22-23,45-46H,1-10,15-21H2. The van der Waals surface area contributed by atoms with Crippen LogP contribution in [-0.2, 0) is 16.3 Å². The van der Waals surface area contributed by atoms with Crippen molar-refractivity contribution in [1.82, 2.24) is 4.90 Å². The summed E-state index contributed by atoms with van der Waals surface area (Å²) in [5, 5.41) is 19.4. The van der Waals surface area contributed by atoms with E-state index < -0.39 is 57.4 Å². The van der Waals surface area contributed by atoms with Crippen LogP contribution >= 0.6 is 0 Å². The van der Waals surface area contributed by atoms with Crippen LogP contribution in [0.3, 0.4) is 0 Å². The summed E-state index contributed by atoms with van der Waals surface area (Å²) in [5.74, 6) is -3.80. The van der Waals surface area contributed by atoms with E-state index in [1.165, 1.54) is 24.3 Å². The first-order chi connectivity index (χ1) is 22.9. The summed E-state index contributed by atoms with van der Waals surface area (Å²) in [4.78, 5) is 1.87. The van der Waals surface area contributed by atoms with Crippen LogP contribution in [0.15, 0.2) is 36.4 Å². The molecule has 15 heteroatoms. The second-order valence-corrected chi connectivity index (χ2v) is 14.7. The van der Waals surface area contributed by atoms with Gasteiger partial charge in [-0.25, -0.2) is 21.6 Å². The van der Waals surface area contributed by atoms with E-state index in [9.17, 15) is 58.1 Å². The molecule has 0 aliphatic heterocycles. The largest absolute Gasteiger partial charge is 0.505 e. The number of aliphatic hydroxyl groups excluding tert-OH is 1. The molecule has 0 saturated heterocycles. The number of nitrogens with zero attached hydrogens (tertiary/aromatic N) is 1. The van der Waals surface area contributed by atoms with Gasteiger partial charge in [-0.2, -0.15) is 26.3 Å². The lowest BCUT2D eigenvalue weighted by atomic mass is 9.89. The van der Waals surface area contributed by atoms with Crippen LogP contribution < -0.4 is 0 Å². The molecule has 0 saturated carbocycles. The quantitative estimate of drug-likeness (QED) is 0.119. The maximum atomic E-state index is 14.5. The summed E-state index contributed by atoms with van der Waals surface area (Å²) in [6.45, 7) is 0.970. The minimum Gasteiger partial charge on any atom is -0.505 e. The van der Waals surface area contributed by atoms with Gasteiger partial charge in [0.2, 0.25) is 0 Å². The van der Waals surface area contributed by atoms with E-state index >= 15 is 0 Å². The number of aryl methyl sites for hydroxylation is 1. The Bertz CT molecular complexity index is 1490. The van der Waals surface area contributed by atoms with Crippen molar-refractivity contribution in [3.8, 4) is 5.75 Å².